The maximum absolute atomic E-state index is 10.5. The highest BCUT2D eigenvalue weighted by Gasteiger charge is 2.35. The number of rotatable bonds is 8. The lowest BCUT2D eigenvalue weighted by molar-refractivity contribution is -0.109. The minimum absolute atomic E-state index is 0.0109. The van der Waals surface area contributed by atoms with E-state index in [1.807, 2.05) is 24.3 Å². The monoisotopic (exact) mass is 354 g/mol. The lowest BCUT2D eigenvalue weighted by atomic mass is 9.65. The van der Waals surface area contributed by atoms with E-state index in [0.29, 0.717) is 6.61 Å². The van der Waals surface area contributed by atoms with Gasteiger partial charge in [-0.3, -0.25) is 4.79 Å². The second kappa shape index (κ2) is 8.86. The summed E-state index contributed by atoms with van der Waals surface area (Å²) in [6, 6.07) is 16.4. The van der Waals surface area contributed by atoms with Crippen LogP contribution >= 0.6 is 0 Å². The average Bonchev–Trinajstić information content (AvgIpc) is 2.72. The fourth-order valence-electron chi connectivity index (χ4n) is 3.93. The molecule has 0 aliphatic heterocycles. The van der Waals surface area contributed by atoms with Gasteiger partial charge in [0.1, 0.15) is 24.7 Å². The predicted molar refractivity (Wildman–Crippen MR) is 101 cm³/mol. The van der Waals surface area contributed by atoms with Crippen LogP contribution in [0.3, 0.4) is 0 Å². The summed E-state index contributed by atoms with van der Waals surface area (Å²) in [6.45, 7) is 0.413. The Kier molecular flexibility index (Phi) is 6.29. The van der Waals surface area contributed by atoms with Crippen LogP contribution < -0.4 is 9.47 Å². The van der Waals surface area contributed by atoms with Crippen LogP contribution in [0.1, 0.15) is 43.2 Å². The van der Waals surface area contributed by atoms with Gasteiger partial charge in [0.2, 0.25) is 0 Å². The molecule has 2 aromatic rings. The molecule has 1 N–H and O–H groups in total. The van der Waals surface area contributed by atoms with Crippen LogP contribution in [0.15, 0.2) is 48.5 Å². The Bertz CT molecular complexity index is 685. The number of hydrogen-bond donors (Lipinski definition) is 1. The summed E-state index contributed by atoms with van der Waals surface area (Å²) < 4.78 is 10.9. The first kappa shape index (κ1) is 18.5. The summed E-state index contributed by atoms with van der Waals surface area (Å²) >= 11 is 0. The molecule has 0 heterocycles. The van der Waals surface area contributed by atoms with Gasteiger partial charge in [-0.2, -0.15) is 0 Å². The maximum Gasteiger partial charge on any atom is 0.157 e. The number of aldehydes is 1. The van der Waals surface area contributed by atoms with Crippen molar-refractivity contribution in [1.29, 1.82) is 0 Å². The van der Waals surface area contributed by atoms with Crippen LogP contribution in [0, 0.1) is 0 Å². The molecule has 0 amide bonds. The van der Waals surface area contributed by atoms with Crippen molar-refractivity contribution < 1.29 is 19.4 Å². The Morgan fingerprint density at radius 2 is 1.38 bits per heavy atom. The molecule has 0 radical (unpaired) electrons. The number of ether oxygens (including phenoxy) is 2. The molecule has 0 saturated heterocycles. The van der Waals surface area contributed by atoms with E-state index in [-0.39, 0.29) is 18.6 Å². The Labute approximate surface area is 154 Å². The van der Waals surface area contributed by atoms with Crippen LogP contribution in [0.4, 0.5) is 0 Å². The van der Waals surface area contributed by atoms with Crippen LogP contribution in [0.25, 0.3) is 0 Å². The zero-order chi connectivity index (χ0) is 18.2. The van der Waals surface area contributed by atoms with Crippen molar-refractivity contribution in [2.24, 2.45) is 0 Å². The molecular formula is C22H26O4. The van der Waals surface area contributed by atoms with Gasteiger partial charge in [0.15, 0.2) is 6.29 Å². The number of benzene rings is 2. The van der Waals surface area contributed by atoms with Gasteiger partial charge in [0.05, 0.1) is 6.61 Å². The summed E-state index contributed by atoms with van der Waals surface area (Å²) in [4.78, 5) is 10.5. The first-order chi connectivity index (χ1) is 12.8. The Balaban J connectivity index is 1.87. The van der Waals surface area contributed by atoms with E-state index >= 15 is 0 Å². The van der Waals surface area contributed by atoms with E-state index in [0.717, 1.165) is 30.6 Å². The smallest absolute Gasteiger partial charge is 0.157 e. The van der Waals surface area contributed by atoms with E-state index in [2.05, 4.69) is 24.3 Å². The molecular weight excluding hydrogens is 328 g/mol. The minimum Gasteiger partial charge on any atom is -0.491 e. The first-order valence-corrected chi connectivity index (χ1v) is 9.30. The lowest BCUT2D eigenvalue weighted by Gasteiger charge is -2.38. The topological polar surface area (TPSA) is 55.8 Å². The Hall–Kier alpha value is -2.33. The highest BCUT2D eigenvalue weighted by atomic mass is 16.5. The van der Waals surface area contributed by atoms with E-state index in [1.165, 1.54) is 30.4 Å². The number of carbonyl (C=O) groups excluding carboxylic acids is 1. The molecule has 3 rings (SSSR count). The van der Waals surface area contributed by atoms with Gasteiger partial charge in [-0.15, -0.1) is 0 Å². The van der Waals surface area contributed by atoms with Gasteiger partial charge in [-0.05, 0) is 48.2 Å². The average molecular weight is 354 g/mol. The van der Waals surface area contributed by atoms with Gasteiger partial charge < -0.3 is 14.6 Å². The van der Waals surface area contributed by atoms with Gasteiger partial charge in [-0.1, -0.05) is 43.5 Å². The van der Waals surface area contributed by atoms with Gasteiger partial charge in [0, 0.05) is 5.41 Å². The second-order valence-corrected chi connectivity index (χ2v) is 6.74. The largest absolute Gasteiger partial charge is 0.491 e. The molecule has 1 fully saturated rings. The fourth-order valence-corrected chi connectivity index (χ4v) is 3.93. The highest BCUT2D eigenvalue weighted by Crippen LogP contribution is 2.45. The molecule has 0 bridgehead atoms. The van der Waals surface area contributed by atoms with E-state index in [4.69, 9.17) is 14.6 Å². The lowest BCUT2D eigenvalue weighted by Crippen LogP contribution is -2.30. The van der Waals surface area contributed by atoms with Gasteiger partial charge in [0.25, 0.3) is 0 Å². The van der Waals surface area contributed by atoms with Crippen molar-refractivity contribution in [1.82, 2.24) is 0 Å². The Morgan fingerprint density at radius 3 is 1.88 bits per heavy atom. The van der Waals surface area contributed by atoms with Crippen LogP contribution in [0.2, 0.25) is 0 Å². The summed E-state index contributed by atoms with van der Waals surface area (Å²) in [5.41, 5.74) is 2.60. The quantitative estimate of drug-likeness (QED) is 0.731. The maximum atomic E-state index is 10.5. The van der Waals surface area contributed by atoms with E-state index in [9.17, 15) is 4.79 Å². The van der Waals surface area contributed by atoms with Crippen LogP contribution in [-0.2, 0) is 10.2 Å². The van der Waals surface area contributed by atoms with Crippen molar-refractivity contribution in [3.63, 3.8) is 0 Å². The SMILES string of the molecule is O=CCOc1ccc(C2(c3ccc(OCCO)cc3)CCCCC2)cc1. The van der Waals surface area contributed by atoms with Crippen molar-refractivity contribution in [2.75, 3.05) is 19.8 Å². The molecule has 1 saturated carbocycles. The number of aliphatic hydroxyl groups is 1. The summed E-state index contributed by atoms with van der Waals surface area (Å²) in [6.07, 6.45) is 6.71. The molecule has 0 spiro atoms. The van der Waals surface area contributed by atoms with Crippen LogP contribution in [-0.4, -0.2) is 31.2 Å². The second-order valence-electron chi connectivity index (χ2n) is 6.74. The molecule has 138 valence electrons. The van der Waals surface area contributed by atoms with Crippen molar-refractivity contribution in [3.8, 4) is 11.5 Å². The normalized spacial score (nSPS) is 16.0. The third-order valence-corrected chi connectivity index (χ3v) is 5.20. The van der Waals surface area contributed by atoms with Crippen molar-refractivity contribution >= 4 is 6.29 Å². The number of hydrogen-bond acceptors (Lipinski definition) is 4. The highest BCUT2D eigenvalue weighted by molar-refractivity contribution is 5.51. The zero-order valence-electron chi connectivity index (χ0n) is 15.0. The third kappa shape index (κ3) is 4.07. The van der Waals surface area contributed by atoms with E-state index < -0.39 is 0 Å². The molecule has 4 heteroatoms. The van der Waals surface area contributed by atoms with Crippen LogP contribution in [0.5, 0.6) is 11.5 Å². The predicted octanol–water partition coefficient (Wildman–Crippen LogP) is 3.89. The molecule has 0 aromatic heterocycles. The summed E-state index contributed by atoms with van der Waals surface area (Å²) in [5, 5.41) is 8.90. The third-order valence-electron chi connectivity index (χ3n) is 5.20. The van der Waals surface area contributed by atoms with E-state index in [1.54, 1.807) is 0 Å². The molecule has 26 heavy (non-hydrogen) atoms. The summed E-state index contributed by atoms with van der Waals surface area (Å²) in [5.74, 6) is 1.51. The molecule has 2 aromatic carbocycles. The molecule has 1 aliphatic rings. The number of carbonyl (C=O) groups is 1. The van der Waals surface area contributed by atoms with Crippen molar-refractivity contribution in [2.45, 2.75) is 37.5 Å². The molecule has 0 unspecified atom stereocenters. The fraction of sp³-hybridized carbons (Fsp3) is 0.409. The standard InChI is InChI=1S/C22H26O4/c23-14-16-25-20-8-4-18(5-9-20)22(12-2-1-3-13-22)19-6-10-21(11-7-19)26-17-15-24/h4-11,14,24H,1-3,12-13,15-17H2. The zero-order valence-corrected chi connectivity index (χ0v) is 15.0. The molecule has 1 aliphatic carbocycles. The summed E-state index contributed by atoms with van der Waals surface area (Å²) in [7, 11) is 0. The van der Waals surface area contributed by atoms with Crippen molar-refractivity contribution in [3.05, 3.63) is 59.7 Å². The van der Waals surface area contributed by atoms with Gasteiger partial charge >= 0.3 is 0 Å². The minimum atomic E-state index is 0.0109. The Morgan fingerprint density at radius 1 is 0.846 bits per heavy atom. The first-order valence-electron chi connectivity index (χ1n) is 9.30. The van der Waals surface area contributed by atoms with Gasteiger partial charge in [-0.25, -0.2) is 0 Å². The molecule has 4 nitrogen and oxygen atoms in total. The number of aliphatic hydroxyl groups excluding tert-OH is 1. The molecule has 0 atom stereocenters.